The minimum atomic E-state index is -4.53. The van der Waals surface area contributed by atoms with Gasteiger partial charge in [0.1, 0.15) is 13.1 Å². The molecule has 0 radical (unpaired) electrons. The van der Waals surface area contributed by atoms with Crippen LogP contribution in [0, 0.1) is 5.92 Å². The van der Waals surface area contributed by atoms with Crippen LogP contribution in [-0.2, 0) is 14.4 Å². The van der Waals surface area contributed by atoms with E-state index in [1.165, 1.54) is 29.2 Å². The number of amides is 4. The molecule has 2 aromatic carbocycles. The summed E-state index contributed by atoms with van der Waals surface area (Å²) in [6.07, 6.45) is -4.83. The zero-order valence-electron chi connectivity index (χ0n) is 17.2. The molecule has 0 spiro atoms. The topological polar surface area (TPSA) is 98.8 Å². The third-order valence-electron chi connectivity index (χ3n) is 5.37. The van der Waals surface area contributed by atoms with E-state index in [2.05, 4.69) is 10.6 Å². The third kappa shape index (κ3) is 4.97. The van der Waals surface area contributed by atoms with Crippen LogP contribution in [0.25, 0.3) is 0 Å². The Balaban J connectivity index is 1.41. The van der Waals surface area contributed by atoms with Crippen LogP contribution in [-0.4, -0.2) is 54.3 Å². The SMILES string of the molecule is O=C1CN(C(=O)c2ccc(NC(=O)C3CC(=O)N(CC(F)(F)F)C3)cc2)c2ccccc2N1. The molecule has 1 fully saturated rings. The van der Waals surface area contributed by atoms with Crippen LogP contribution < -0.4 is 15.5 Å². The summed E-state index contributed by atoms with van der Waals surface area (Å²) >= 11 is 0. The Morgan fingerprint density at radius 1 is 1.06 bits per heavy atom. The van der Waals surface area contributed by atoms with Gasteiger partial charge in [-0.3, -0.25) is 24.1 Å². The summed E-state index contributed by atoms with van der Waals surface area (Å²) in [4.78, 5) is 51.1. The second-order valence-electron chi connectivity index (χ2n) is 7.81. The number of alkyl halides is 3. The molecule has 2 aliphatic rings. The highest BCUT2D eigenvalue weighted by Crippen LogP contribution is 2.30. The third-order valence-corrected chi connectivity index (χ3v) is 5.37. The average Bonchev–Trinajstić information content (AvgIpc) is 3.12. The monoisotopic (exact) mass is 460 g/mol. The highest BCUT2D eigenvalue weighted by Gasteiger charge is 2.40. The minimum Gasteiger partial charge on any atom is -0.333 e. The molecule has 0 aromatic heterocycles. The molecule has 2 heterocycles. The first kappa shape index (κ1) is 22.3. The van der Waals surface area contributed by atoms with Crippen LogP contribution in [0.4, 0.5) is 30.2 Å². The molecule has 2 aromatic rings. The Labute approximate surface area is 186 Å². The van der Waals surface area contributed by atoms with Crippen molar-refractivity contribution in [2.24, 2.45) is 5.92 Å². The van der Waals surface area contributed by atoms with E-state index in [0.717, 1.165) is 0 Å². The number of para-hydroxylation sites is 2. The number of fused-ring (bicyclic) bond motifs is 1. The summed E-state index contributed by atoms with van der Waals surface area (Å²) in [6, 6.07) is 12.8. The van der Waals surface area contributed by atoms with Gasteiger partial charge in [-0.1, -0.05) is 12.1 Å². The highest BCUT2D eigenvalue weighted by molar-refractivity contribution is 6.15. The van der Waals surface area contributed by atoms with Crippen LogP contribution in [0.5, 0.6) is 0 Å². The Bertz CT molecular complexity index is 1120. The van der Waals surface area contributed by atoms with Gasteiger partial charge in [0.25, 0.3) is 5.91 Å². The van der Waals surface area contributed by atoms with Gasteiger partial charge >= 0.3 is 6.18 Å². The molecule has 1 atom stereocenters. The van der Waals surface area contributed by atoms with E-state index in [-0.39, 0.29) is 31.0 Å². The van der Waals surface area contributed by atoms with E-state index in [9.17, 15) is 32.3 Å². The maximum atomic E-state index is 13.0. The van der Waals surface area contributed by atoms with Gasteiger partial charge < -0.3 is 15.5 Å². The van der Waals surface area contributed by atoms with E-state index in [1.54, 1.807) is 24.3 Å². The zero-order chi connectivity index (χ0) is 23.8. The largest absolute Gasteiger partial charge is 0.406 e. The van der Waals surface area contributed by atoms with Crippen molar-refractivity contribution in [3.8, 4) is 0 Å². The van der Waals surface area contributed by atoms with Crippen LogP contribution in [0.3, 0.4) is 0 Å². The molecular formula is C22H19F3N4O4. The van der Waals surface area contributed by atoms with Crippen molar-refractivity contribution >= 4 is 40.7 Å². The summed E-state index contributed by atoms with van der Waals surface area (Å²) in [5.41, 5.74) is 1.70. The number of anilines is 3. The number of hydrogen-bond donors (Lipinski definition) is 2. The molecule has 4 amide bonds. The second kappa shape index (κ2) is 8.57. The van der Waals surface area contributed by atoms with Gasteiger partial charge in [0.2, 0.25) is 17.7 Å². The number of carbonyl (C=O) groups is 4. The van der Waals surface area contributed by atoms with Crippen molar-refractivity contribution in [2.45, 2.75) is 12.6 Å². The van der Waals surface area contributed by atoms with Crippen LogP contribution in [0.2, 0.25) is 0 Å². The van der Waals surface area contributed by atoms with Crippen molar-refractivity contribution in [3.05, 3.63) is 54.1 Å². The van der Waals surface area contributed by atoms with Gasteiger partial charge in [0, 0.05) is 24.2 Å². The van der Waals surface area contributed by atoms with Crippen molar-refractivity contribution in [2.75, 3.05) is 35.2 Å². The van der Waals surface area contributed by atoms with Gasteiger partial charge in [0.15, 0.2) is 0 Å². The lowest BCUT2D eigenvalue weighted by Crippen LogP contribution is -2.42. The first-order valence-electron chi connectivity index (χ1n) is 10.1. The highest BCUT2D eigenvalue weighted by atomic mass is 19.4. The Morgan fingerprint density at radius 2 is 1.76 bits per heavy atom. The zero-order valence-corrected chi connectivity index (χ0v) is 17.2. The number of halogens is 3. The fourth-order valence-corrected chi connectivity index (χ4v) is 3.83. The number of carbonyl (C=O) groups excluding carboxylic acids is 4. The average molecular weight is 460 g/mol. The van der Waals surface area contributed by atoms with E-state index >= 15 is 0 Å². The first-order valence-corrected chi connectivity index (χ1v) is 10.1. The van der Waals surface area contributed by atoms with Gasteiger partial charge in [-0.2, -0.15) is 13.2 Å². The van der Waals surface area contributed by atoms with E-state index in [0.29, 0.717) is 22.0 Å². The lowest BCUT2D eigenvalue weighted by molar-refractivity contribution is -0.157. The second-order valence-corrected chi connectivity index (χ2v) is 7.81. The molecule has 0 bridgehead atoms. The van der Waals surface area contributed by atoms with E-state index < -0.39 is 36.4 Å². The Morgan fingerprint density at radius 3 is 2.45 bits per heavy atom. The summed E-state index contributed by atoms with van der Waals surface area (Å²) in [5, 5.41) is 5.27. The molecule has 4 rings (SSSR count). The maximum absolute atomic E-state index is 13.0. The molecule has 0 aliphatic carbocycles. The van der Waals surface area contributed by atoms with Crippen molar-refractivity contribution < 1.29 is 32.3 Å². The van der Waals surface area contributed by atoms with Crippen molar-refractivity contribution in [1.82, 2.24) is 4.90 Å². The minimum absolute atomic E-state index is 0.140. The van der Waals surface area contributed by atoms with Crippen LogP contribution in [0.15, 0.2) is 48.5 Å². The molecule has 33 heavy (non-hydrogen) atoms. The van der Waals surface area contributed by atoms with Crippen molar-refractivity contribution in [3.63, 3.8) is 0 Å². The van der Waals surface area contributed by atoms with E-state index in [1.807, 2.05) is 0 Å². The van der Waals surface area contributed by atoms with Crippen LogP contribution in [0.1, 0.15) is 16.8 Å². The van der Waals surface area contributed by atoms with Gasteiger partial charge in [-0.25, -0.2) is 0 Å². The Hall–Kier alpha value is -3.89. The van der Waals surface area contributed by atoms with Gasteiger partial charge in [0.05, 0.1) is 17.3 Å². The molecule has 2 aliphatic heterocycles. The fourth-order valence-electron chi connectivity index (χ4n) is 3.83. The standard InChI is InChI=1S/C22H19F3N4O4/c23-22(24,25)12-28-10-14(9-19(28)31)20(32)26-15-7-5-13(6-8-15)21(33)29-11-18(30)27-16-3-1-2-4-17(16)29/h1-8,14H,9-12H2,(H,26,32)(H,27,30). The predicted molar refractivity (Wildman–Crippen MR) is 113 cm³/mol. The molecule has 1 unspecified atom stereocenters. The fraction of sp³-hybridized carbons (Fsp3) is 0.273. The lowest BCUT2D eigenvalue weighted by atomic mass is 10.1. The molecule has 0 saturated carbocycles. The van der Waals surface area contributed by atoms with E-state index in [4.69, 9.17) is 0 Å². The number of nitrogens with one attached hydrogen (secondary N) is 2. The summed E-state index contributed by atoms with van der Waals surface area (Å²) in [6.45, 7) is -1.83. The summed E-state index contributed by atoms with van der Waals surface area (Å²) in [7, 11) is 0. The smallest absolute Gasteiger partial charge is 0.333 e. The normalized spacial score (nSPS) is 18.1. The molecule has 8 nitrogen and oxygen atoms in total. The molecular weight excluding hydrogens is 441 g/mol. The number of benzene rings is 2. The molecule has 11 heteroatoms. The number of likely N-dealkylation sites (tertiary alicyclic amines) is 1. The maximum Gasteiger partial charge on any atom is 0.406 e. The number of rotatable bonds is 4. The predicted octanol–water partition coefficient (Wildman–Crippen LogP) is 2.63. The van der Waals surface area contributed by atoms with Gasteiger partial charge in [-0.05, 0) is 36.4 Å². The Kier molecular flexibility index (Phi) is 5.79. The number of hydrogen-bond acceptors (Lipinski definition) is 4. The van der Waals surface area contributed by atoms with Crippen molar-refractivity contribution in [1.29, 1.82) is 0 Å². The molecule has 172 valence electrons. The van der Waals surface area contributed by atoms with Gasteiger partial charge in [-0.15, -0.1) is 0 Å². The van der Waals surface area contributed by atoms with Crippen LogP contribution >= 0.6 is 0 Å². The number of nitrogens with zero attached hydrogens (tertiary/aromatic N) is 2. The molecule has 1 saturated heterocycles. The summed E-state index contributed by atoms with van der Waals surface area (Å²) < 4.78 is 37.6. The first-order chi connectivity index (χ1) is 15.6. The molecule has 2 N–H and O–H groups in total. The lowest BCUT2D eigenvalue weighted by Gasteiger charge is -2.29. The summed E-state index contributed by atoms with van der Waals surface area (Å²) in [5.74, 6) is -2.92. The quantitative estimate of drug-likeness (QED) is 0.733.